The normalized spacial score (nSPS) is 27.8. The molecule has 1 heterocycles. The van der Waals surface area contributed by atoms with E-state index in [9.17, 15) is 13.9 Å². The van der Waals surface area contributed by atoms with Crippen molar-refractivity contribution < 1.29 is 18.6 Å². The number of alkyl halides is 2. The Labute approximate surface area is 144 Å². The molecule has 0 radical (unpaired) electrons. The lowest BCUT2D eigenvalue weighted by atomic mass is 9.71. The predicted molar refractivity (Wildman–Crippen MR) is 86.2 cm³/mol. The number of hydrogen-bond acceptors (Lipinski definition) is 4. The van der Waals surface area contributed by atoms with Crippen LogP contribution in [-0.4, -0.2) is 26.0 Å². The maximum Gasteiger partial charge on any atom is 0.254 e. The van der Waals surface area contributed by atoms with Crippen LogP contribution < -0.4 is 4.74 Å². The van der Waals surface area contributed by atoms with E-state index in [0.717, 1.165) is 5.56 Å². The largest absolute Gasteiger partial charge is 0.487 e. The summed E-state index contributed by atoms with van der Waals surface area (Å²) in [7, 11) is 0. The van der Waals surface area contributed by atoms with Gasteiger partial charge in [0.25, 0.3) is 5.92 Å². The number of aromatic nitrogens is 3. The van der Waals surface area contributed by atoms with Crippen molar-refractivity contribution in [3.63, 3.8) is 0 Å². The molecule has 4 rings (SSSR count). The van der Waals surface area contributed by atoms with Crippen molar-refractivity contribution in [2.24, 2.45) is 11.3 Å². The summed E-state index contributed by atoms with van der Waals surface area (Å²) < 4.78 is 33.8. The van der Waals surface area contributed by atoms with Crippen LogP contribution in [-0.2, 0) is 13.2 Å². The Kier molecular flexibility index (Phi) is 3.79. The monoisotopic (exact) mass is 349 g/mol. The molecule has 2 aliphatic carbocycles. The van der Waals surface area contributed by atoms with E-state index in [0.29, 0.717) is 37.4 Å². The molecule has 2 fully saturated rings. The highest BCUT2D eigenvalue weighted by Gasteiger charge is 2.75. The van der Waals surface area contributed by atoms with Gasteiger partial charge in [-0.3, -0.25) is 4.68 Å². The summed E-state index contributed by atoms with van der Waals surface area (Å²) in [5.41, 5.74) is 0.839. The number of ether oxygens (including phenoxy) is 1. The lowest BCUT2D eigenvalue weighted by Gasteiger charge is -2.35. The quantitative estimate of drug-likeness (QED) is 0.869. The van der Waals surface area contributed by atoms with Gasteiger partial charge in [0.2, 0.25) is 0 Å². The molecule has 1 unspecified atom stereocenters. The van der Waals surface area contributed by atoms with Crippen LogP contribution in [0.5, 0.6) is 5.75 Å². The second-order valence-corrected chi connectivity index (χ2v) is 7.40. The molecule has 7 heteroatoms. The zero-order valence-corrected chi connectivity index (χ0v) is 14.0. The van der Waals surface area contributed by atoms with E-state index in [2.05, 4.69) is 10.3 Å². The average Bonchev–Trinajstić information content (AvgIpc) is 2.90. The first-order chi connectivity index (χ1) is 11.9. The summed E-state index contributed by atoms with van der Waals surface area (Å²) in [6, 6.07) is 7.24. The van der Waals surface area contributed by atoms with Gasteiger partial charge < -0.3 is 9.84 Å². The highest BCUT2D eigenvalue weighted by molar-refractivity contribution is 5.28. The highest BCUT2D eigenvalue weighted by atomic mass is 19.3. The van der Waals surface area contributed by atoms with Gasteiger partial charge in [0, 0.05) is 18.4 Å². The first kappa shape index (κ1) is 16.4. The first-order valence-corrected chi connectivity index (χ1v) is 8.55. The fourth-order valence-corrected chi connectivity index (χ4v) is 3.76. The maximum absolute atomic E-state index is 13.2. The van der Waals surface area contributed by atoms with Crippen LogP contribution in [0.15, 0.2) is 30.5 Å². The number of hydrogen-bond donors (Lipinski definition) is 1. The number of nitrogens with zero attached hydrogens (tertiary/aromatic N) is 3. The molecule has 1 spiro atoms. The number of aliphatic hydroxyl groups is 1. The van der Waals surface area contributed by atoms with E-state index in [1.807, 2.05) is 12.1 Å². The van der Waals surface area contributed by atoms with Gasteiger partial charge in [-0.05, 0) is 43.4 Å². The Hall–Kier alpha value is -2.02. The molecule has 0 aliphatic heterocycles. The number of aliphatic hydroxyl groups excluding tert-OH is 1. The Bertz CT molecular complexity index is 752. The second-order valence-electron chi connectivity index (χ2n) is 7.40. The summed E-state index contributed by atoms with van der Waals surface area (Å²) in [4.78, 5) is 0. The van der Waals surface area contributed by atoms with Crippen LogP contribution in [0.3, 0.4) is 0 Å². The van der Waals surface area contributed by atoms with Crippen molar-refractivity contribution in [2.75, 3.05) is 0 Å². The van der Waals surface area contributed by atoms with Gasteiger partial charge in [0.1, 0.15) is 18.1 Å². The van der Waals surface area contributed by atoms with Crippen LogP contribution in [0, 0.1) is 11.3 Å². The molecule has 0 amide bonds. The maximum atomic E-state index is 13.2. The van der Waals surface area contributed by atoms with Gasteiger partial charge in [-0.15, -0.1) is 5.10 Å². The van der Waals surface area contributed by atoms with Crippen molar-refractivity contribution in [1.82, 2.24) is 15.0 Å². The predicted octanol–water partition coefficient (Wildman–Crippen LogP) is 3.35. The topological polar surface area (TPSA) is 60.2 Å². The fourth-order valence-electron chi connectivity index (χ4n) is 3.76. The van der Waals surface area contributed by atoms with Gasteiger partial charge >= 0.3 is 0 Å². The van der Waals surface area contributed by atoms with Gasteiger partial charge in [0.15, 0.2) is 0 Å². The molecule has 134 valence electrons. The molecule has 2 aliphatic rings. The third kappa shape index (κ3) is 3.13. The van der Waals surface area contributed by atoms with Crippen LogP contribution in [0.4, 0.5) is 8.78 Å². The minimum absolute atomic E-state index is 0.0563. The van der Waals surface area contributed by atoms with E-state index in [1.54, 1.807) is 29.9 Å². The average molecular weight is 349 g/mol. The van der Waals surface area contributed by atoms with Crippen molar-refractivity contribution in [1.29, 1.82) is 0 Å². The zero-order valence-electron chi connectivity index (χ0n) is 14.0. The molecule has 1 N–H and O–H groups in total. The van der Waals surface area contributed by atoms with E-state index < -0.39 is 17.4 Å². The molecule has 1 atom stereocenters. The third-order valence-corrected chi connectivity index (χ3v) is 5.35. The summed E-state index contributed by atoms with van der Waals surface area (Å²) in [6.07, 6.45) is 2.53. The van der Waals surface area contributed by atoms with Gasteiger partial charge in [-0.25, -0.2) is 8.78 Å². The Balaban J connectivity index is 1.26. The summed E-state index contributed by atoms with van der Waals surface area (Å²) in [5.74, 6) is -1.48. The Morgan fingerprint density at radius 2 is 2.00 bits per heavy atom. The van der Waals surface area contributed by atoms with Gasteiger partial charge in [-0.2, -0.15) is 0 Å². The zero-order chi connectivity index (χ0) is 17.7. The number of benzene rings is 1. The minimum Gasteiger partial charge on any atom is -0.487 e. The molecule has 0 bridgehead atoms. The Morgan fingerprint density at radius 3 is 2.60 bits per heavy atom. The van der Waals surface area contributed by atoms with Crippen LogP contribution in [0.25, 0.3) is 0 Å². The van der Waals surface area contributed by atoms with Gasteiger partial charge in [0.05, 0.1) is 12.3 Å². The molecular weight excluding hydrogens is 328 g/mol. The molecule has 2 saturated carbocycles. The highest BCUT2D eigenvalue weighted by Crippen LogP contribution is 2.72. The standard InChI is InChI=1S/C18H21F2N3O2/c1-12(24)14-2-4-16(5-3-14)25-10-15-9-23(22-21-15)8-13-6-17(7-13)11-18(17,19)20/h2-5,9,12-13,24H,6-8,10-11H2,1H3. The summed E-state index contributed by atoms with van der Waals surface area (Å²) in [6.45, 7) is 2.64. The SMILES string of the molecule is CC(O)c1ccc(OCc2cn(CC3CC4(C3)CC4(F)F)nn2)cc1. The van der Waals surface area contributed by atoms with E-state index in [4.69, 9.17) is 4.74 Å². The lowest BCUT2D eigenvalue weighted by molar-refractivity contribution is -0.00368. The van der Waals surface area contributed by atoms with Crippen LogP contribution in [0.1, 0.15) is 43.5 Å². The summed E-state index contributed by atoms with van der Waals surface area (Å²) >= 11 is 0. The fraction of sp³-hybridized carbons (Fsp3) is 0.556. The molecule has 1 aromatic heterocycles. The smallest absolute Gasteiger partial charge is 0.254 e. The molecule has 1 aromatic carbocycles. The first-order valence-electron chi connectivity index (χ1n) is 8.55. The van der Waals surface area contributed by atoms with E-state index in [1.165, 1.54) is 0 Å². The number of rotatable bonds is 6. The summed E-state index contributed by atoms with van der Waals surface area (Å²) in [5, 5.41) is 17.6. The molecular formula is C18H21F2N3O2. The molecule has 5 nitrogen and oxygen atoms in total. The lowest BCUT2D eigenvalue weighted by Crippen LogP contribution is -2.33. The van der Waals surface area contributed by atoms with Crippen molar-refractivity contribution >= 4 is 0 Å². The second kappa shape index (κ2) is 5.76. The van der Waals surface area contributed by atoms with E-state index in [-0.39, 0.29) is 12.3 Å². The molecule has 2 aromatic rings. The van der Waals surface area contributed by atoms with Crippen molar-refractivity contribution in [3.8, 4) is 5.75 Å². The van der Waals surface area contributed by atoms with E-state index >= 15 is 0 Å². The van der Waals surface area contributed by atoms with Crippen LogP contribution in [0.2, 0.25) is 0 Å². The minimum atomic E-state index is -2.44. The molecule has 0 saturated heterocycles. The van der Waals surface area contributed by atoms with Crippen molar-refractivity contribution in [3.05, 3.63) is 41.7 Å². The molecule has 25 heavy (non-hydrogen) atoms. The van der Waals surface area contributed by atoms with Crippen LogP contribution >= 0.6 is 0 Å². The number of halogens is 2. The van der Waals surface area contributed by atoms with Crippen molar-refractivity contribution in [2.45, 2.75) is 51.4 Å². The van der Waals surface area contributed by atoms with Gasteiger partial charge in [-0.1, -0.05) is 17.3 Å². The Morgan fingerprint density at radius 1 is 1.32 bits per heavy atom. The third-order valence-electron chi connectivity index (χ3n) is 5.35.